The van der Waals surface area contributed by atoms with Crippen molar-refractivity contribution in [2.45, 2.75) is 35.1 Å². The van der Waals surface area contributed by atoms with Crippen molar-refractivity contribution >= 4 is 56.3 Å². The van der Waals surface area contributed by atoms with Crippen molar-refractivity contribution in [2.24, 2.45) is 0 Å². The molecular weight excluding hydrogens is 300 g/mol. The van der Waals surface area contributed by atoms with E-state index in [1.54, 1.807) is 0 Å². The molecule has 0 aliphatic rings. The van der Waals surface area contributed by atoms with E-state index in [2.05, 4.69) is 45.2 Å². The third-order valence-electron chi connectivity index (χ3n) is 4.29. The topological polar surface area (TPSA) is 51.6 Å². The second-order valence-corrected chi connectivity index (χ2v) is 6.23. The van der Waals surface area contributed by atoms with Gasteiger partial charge >= 0.3 is 0 Å². The lowest BCUT2D eigenvalue weighted by atomic mass is 9.92. The Balaban J connectivity index is 0.00000132. The van der Waals surface area contributed by atoms with Gasteiger partial charge in [-0.05, 0) is 49.9 Å². The number of hydrogen-bond acceptors (Lipinski definition) is 6. The van der Waals surface area contributed by atoms with Gasteiger partial charge < -0.3 is 0 Å². The van der Waals surface area contributed by atoms with Gasteiger partial charge in [-0.1, -0.05) is 7.43 Å². The molecule has 0 saturated carbocycles. The minimum Gasteiger partial charge on any atom is -0.173 e. The quantitative estimate of drug-likeness (QED) is 0.471. The number of benzene rings is 2. The van der Waals surface area contributed by atoms with Crippen molar-refractivity contribution in [3.05, 3.63) is 22.3 Å². The molecule has 0 amide bonds. The monoisotopic (exact) mass is 316 g/mol. The van der Waals surface area contributed by atoms with E-state index >= 15 is 0 Å². The first-order valence-corrected chi connectivity index (χ1v) is 7.84. The van der Waals surface area contributed by atoms with Gasteiger partial charge in [0.25, 0.3) is 0 Å². The van der Waals surface area contributed by atoms with Gasteiger partial charge in [0.05, 0.1) is 23.5 Å². The average molecular weight is 316 g/mol. The van der Waals surface area contributed by atoms with E-state index < -0.39 is 0 Å². The first kappa shape index (κ1) is 14.3. The predicted octanol–water partition coefficient (Wildman–Crippen LogP) is 4.72. The molecule has 4 nitrogen and oxygen atoms in total. The number of hydrogen-bond donors (Lipinski definition) is 0. The molecular formula is C15H16N4S2. The third-order valence-corrected chi connectivity index (χ3v) is 5.34. The average Bonchev–Trinajstić information content (AvgIpc) is 3.08. The van der Waals surface area contributed by atoms with Gasteiger partial charge in [0.2, 0.25) is 0 Å². The first-order valence-electron chi connectivity index (χ1n) is 6.37. The fraction of sp³-hybridized carbons (Fsp3) is 0.333. The summed E-state index contributed by atoms with van der Waals surface area (Å²) in [5.41, 5.74) is 8.90. The molecule has 0 aliphatic heterocycles. The van der Waals surface area contributed by atoms with Crippen LogP contribution < -0.4 is 0 Å². The van der Waals surface area contributed by atoms with Crippen molar-refractivity contribution in [3.63, 3.8) is 0 Å². The molecule has 0 saturated heterocycles. The zero-order valence-electron chi connectivity index (χ0n) is 11.6. The van der Waals surface area contributed by atoms with Crippen molar-refractivity contribution < 1.29 is 0 Å². The van der Waals surface area contributed by atoms with Crippen LogP contribution in [0.5, 0.6) is 0 Å². The Labute approximate surface area is 131 Å². The van der Waals surface area contributed by atoms with Crippen LogP contribution in [0.25, 0.3) is 32.8 Å². The van der Waals surface area contributed by atoms with Crippen LogP contribution >= 0.6 is 23.5 Å². The Morgan fingerprint density at radius 3 is 1.24 bits per heavy atom. The Hall–Kier alpha value is -1.66. The molecule has 0 radical (unpaired) electrons. The molecule has 0 atom stereocenters. The van der Waals surface area contributed by atoms with Crippen LogP contribution in [0.15, 0.2) is 0 Å². The number of aromatic nitrogens is 4. The SMILES string of the molecule is C.Cc1c(C)c2c3nsnc3c(C)c(C)c2c2nsnc12. The summed E-state index contributed by atoms with van der Waals surface area (Å²) >= 11 is 2.56. The first-order chi connectivity index (χ1) is 9.61. The zero-order chi connectivity index (χ0) is 14.0. The normalized spacial score (nSPS) is 11.4. The third kappa shape index (κ3) is 1.66. The molecule has 6 heteroatoms. The molecule has 108 valence electrons. The predicted molar refractivity (Wildman–Crippen MR) is 91.6 cm³/mol. The van der Waals surface area contributed by atoms with Gasteiger partial charge in [-0.25, -0.2) is 0 Å². The summed E-state index contributed by atoms with van der Waals surface area (Å²) < 4.78 is 18.0. The number of nitrogens with zero attached hydrogens (tertiary/aromatic N) is 4. The molecule has 2 aromatic heterocycles. The smallest absolute Gasteiger partial charge is 0.113 e. The van der Waals surface area contributed by atoms with Crippen LogP contribution in [-0.4, -0.2) is 17.5 Å². The number of aryl methyl sites for hydroxylation is 4. The molecule has 0 spiro atoms. The van der Waals surface area contributed by atoms with Crippen molar-refractivity contribution in [1.82, 2.24) is 17.5 Å². The Morgan fingerprint density at radius 2 is 0.857 bits per heavy atom. The van der Waals surface area contributed by atoms with E-state index in [0.717, 1.165) is 22.1 Å². The van der Waals surface area contributed by atoms with E-state index in [0.29, 0.717) is 0 Å². The maximum Gasteiger partial charge on any atom is 0.113 e. The van der Waals surface area contributed by atoms with Crippen molar-refractivity contribution in [1.29, 1.82) is 0 Å². The van der Waals surface area contributed by atoms with Crippen molar-refractivity contribution in [2.75, 3.05) is 0 Å². The van der Waals surface area contributed by atoms with E-state index in [1.165, 1.54) is 56.5 Å². The highest BCUT2D eigenvalue weighted by molar-refractivity contribution is 7.00. The highest BCUT2D eigenvalue weighted by Gasteiger charge is 2.20. The molecule has 4 aromatic rings. The second-order valence-electron chi connectivity index (χ2n) is 5.17. The largest absolute Gasteiger partial charge is 0.173 e. The zero-order valence-corrected chi connectivity index (χ0v) is 13.2. The number of rotatable bonds is 0. The van der Waals surface area contributed by atoms with Gasteiger partial charge in [0, 0.05) is 10.8 Å². The van der Waals surface area contributed by atoms with Crippen LogP contribution in [-0.2, 0) is 0 Å². The highest BCUT2D eigenvalue weighted by atomic mass is 32.1. The summed E-state index contributed by atoms with van der Waals surface area (Å²) in [4.78, 5) is 0. The molecule has 0 unspecified atom stereocenters. The molecule has 2 aromatic carbocycles. The van der Waals surface area contributed by atoms with Crippen LogP contribution in [0.4, 0.5) is 0 Å². The lowest BCUT2D eigenvalue weighted by molar-refractivity contribution is 1.36. The fourth-order valence-electron chi connectivity index (χ4n) is 2.89. The second kappa shape index (κ2) is 4.68. The Kier molecular flexibility index (Phi) is 3.18. The van der Waals surface area contributed by atoms with Crippen LogP contribution in [0.3, 0.4) is 0 Å². The number of fused-ring (bicyclic) bond motifs is 5. The van der Waals surface area contributed by atoms with E-state index in [1.807, 2.05) is 0 Å². The maximum atomic E-state index is 4.53. The molecule has 0 fully saturated rings. The molecule has 4 rings (SSSR count). The summed E-state index contributed by atoms with van der Waals surface area (Å²) in [7, 11) is 0. The summed E-state index contributed by atoms with van der Waals surface area (Å²) in [5, 5.41) is 2.38. The molecule has 2 heterocycles. The van der Waals surface area contributed by atoms with Crippen LogP contribution in [0.2, 0.25) is 0 Å². The lowest BCUT2D eigenvalue weighted by Gasteiger charge is -2.12. The fourth-order valence-corrected chi connectivity index (χ4v) is 4.11. The van der Waals surface area contributed by atoms with Crippen LogP contribution in [0.1, 0.15) is 29.7 Å². The minimum atomic E-state index is 0. The molecule has 0 N–H and O–H groups in total. The maximum absolute atomic E-state index is 4.53. The Bertz CT molecular complexity index is 916. The summed E-state index contributed by atoms with van der Waals surface area (Å²) in [6.45, 7) is 8.51. The van der Waals surface area contributed by atoms with Gasteiger partial charge in [-0.2, -0.15) is 17.5 Å². The van der Waals surface area contributed by atoms with Gasteiger partial charge in [0.1, 0.15) is 22.1 Å². The highest BCUT2D eigenvalue weighted by Crippen LogP contribution is 2.38. The van der Waals surface area contributed by atoms with Gasteiger partial charge in [0.15, 0.2) is 0 Å². The molecule has 0 aliphatic carbocycles. The van der Waals surface area contributed by atoms with Crippen molar-refractivity contribution in [3.8, 4) is 0 Å². The lowest BCUT2D eigenvalue weighted by Crippen LogP contribution is -1.94. The van der Waals surface area contributed by atoms with E-state index in [-0.39, 0.29) is 7.43 Å². The van der Waals surface area contributed by atoms with Gasteiger partial charge in [-0.3, -0.25) is 0 Å². The summed E-state index contributed by atoms with van der Waals surface area (Å²) in [6, 6.07) is 0. The van der Waals surface area contributed by atoms with Gasteiger partial charge in [-0.15, -0.1) is 0 Å². The van der Waals surface area contributed by atoms with E-state index in [4.69, 9.17) is 0 Å². The minimum absolute atomic E-state index is 0. The standard InChI is InChI=1S/C14H12N4S2.CH4/c1-5-7(3)11-14(18-19-15-11)10-6(2)8(4)12-13(9(5)10)17-20-16-12;/h1-4H3;1H4. The van der Waals surface area contributed by atoms with Crippen LogP contribution in [0, 0.1) is 27.7 Å². The molecule has 21 heavy (non-hydrogen) atoms. The summed E-state index contributed by atoms with van der Waals surface area (Å²) in [5.74, 6) is 0. The Morgan fingerprint density at radius 1 is 0.524 bits per heavy atom. The molecule has 0 bridgehead atoms. The summed E-state index contributed by atoms with van der Waals surface area (Å²) in [6.07, 6.45) is 0. The van der Waals surface area contributed by atoms with E-state index in [9.17, 15) is 0 Å².